The number of halogens is 4. The van der Waals surface area contributed by atoms with Crippen LogP contribution in [0.4, 0.5) is 17.6 Å². The molecule has 2 aromatic heterocycles. The molecular weight excluding hydrogens is 825 g/mol. The smallest absolute Gasteiger partial charge is 0.261 e. The predicted octanol–water partition coefficient (Wildman–Crippen LogP) is 15.1. The Morgan fingerprint density at radius 2 is 0.871 bits per heavy atom. The van der Waals surface area contributed by atoms with Crippen LogP contribution in [-0.2, 0) is 22.4 Å². The van der Waals surface area contributed by atoms with Gasteiger partial charge < -0.3 is 9.80 Å². The highest BCUT2D eigenvalue weighted by Gasteiger charge is 2.49. The molecule has 0 fully saturated rings. The molecule has 334 valence electrons. The summed E-state index contributed by atoms with van der Waals surface area (Å²) in [4.78, 5) is 34.9. The highest BCUT2D eigenvalue weighted by molar-refractivity contribution is 7.17. The zero-order valence-electron chi connectivity index (χ0n) is 37.9. The maximum Gasteiger partial charge on any atom is 0.261 e. The van der Waals surface area contributed by atoms with E-state index >= 15 is 17.6 Å². The summed E-state index contributed by atoms with van der Waals surface area (Å²) >= 11 is 2.45. The SMILES string of the molecule is CCCCC(CC)CCc1ccc(-c2ccc(C3=C4C(=O)N(CC(C)C)C(c5ccc(-c6ccc(CCC(CC)CCCC)c(F)c6F)s5)=C4C(=O)N3CC(C)C)s2)c(F)c1F. The summed E-state index contributed by atoms with van der Waals surface area (Å²) in [5.74, 6) is -3.06. The van der Waals surface area contributed by atoms with Gasteiger partial charge in [-0.25, -0.2) is 17.6 Å². The Balaban J connectivity index is 1.37. The number of hydrogen-bond donors (Lipinski definition) is 0. The first-order valence-corrected chi connectivity index (χ1v) is 24.6. The van der Waals surface area contributed by atoms with Crippen LogP contribution < -0.4 is 0 Å². The molecule has 0 radical (unpaired) electrons. The Bertz CT molecular complexity index is 2140. The third-order valence-electron chi connectivity index (χ3n) is 12.5. The Hall–Kier alpha value is -4.02. The van der Waals surface area contributed by atoms with Crippen LogP contribution in [0.25, 0.3) is 32.3 Å². The van der Waals surface area contributed by atoms with Gasteiger partial charge in [0.15, 0.2) is 23.3 Å². The second-order valence-corrected chi connectivity index (χ2v) is 20.3. The van der Waals surface area contributed by atoms with Crippen LogP contribution in [0, 0.1) is 46.9 Å². The molecule has 10 heteroatoms. The first-order valence-electron chi connectivity index (χ1n) is 23.0. The van der Waals surface area contributed by atoms with Crippen LogP contribution in [0.3, 0.4) is 0 Å². The number of carbonyl (C=O) groups excluding carboxylic acids is 2. The second-order valence-electron chi connectivity index (χ2n) is 18.1. The molecule has 2 amide bonds. The molecule has 2 unspecified atom stereocenters. The van der Waals surface area contributed by atoms with E-state index in [0.717, 1.165) is 64.2 Å². The average Bonchev–Trinajstić information content (AvgIpc) is 4.04. The molecule has 2 aromatic carbocycles. The molecule has 0 spiro atoms. The summed E-state index contributed by atoms with van der Waals surface area (Å²) in [6.45, 7) is 17.3. The number of amides is 2. The molecule has 2 atom stereocenters. The average molecular weight is 889 g/mol. The molecule has 0 aliphatic carbocycles. The first kappa shape index (κ1) is 47.5. The van der Waals surface area contributed by atoms with E-state index in [9.17, 15) is 9.59 Å². The van der Waals surface area contributed by atoms with E-state index in [4.69, 9.17) is 0 Å². The van der Waals surface area contributed by atoms with E-state index in [-0.39, 0.29) is 45.9 Å². The van der Waals surface area contributed by atoms with Gasteiger partial charge in [0.1, 0.15) is 0 Å². The number of carbonyl (C=O) groups is 2. The van der Waals surface area contributed by atoms with Crippen LogP contribution in [0.15, 0.2) is 59.7 Å². The van der Waals surface area contributed by atoms with Gasteiger partial charge in [-0.05, 0) is 84.7 Å². The Morgan fingerprint density at radius 3 is 1.21 bits per heavy atom. The number of fused-ring (bicyclic) bond motifs is 1. The second kappa shape index (κ2) is 21.1. The van der Waals surface area contributed by atoms with Crippen molar-refractivity contribution >= 4 is 45.9 Å². The number of rotatable bonds is 22. The Kier molecular flexibility index (Phi) is 16.2. The van der Waals surface area contributed by atoms with E-state index in [0.29, 0.717) is 79.8 Å². The van der Waals surface area contributed by atoms with Crippen molar-refractivity contribution in [2.24, 2.45) is 23.7 Å². The third kappa shape index (κ3) is 10.0. The van der Waals surface area contributed by atoms with Gasteiger partial charge in [0.05, 0.1) is 32.3 Å². The van der Waals surface area contributed by atoms with Crippen LogP contribution in [0.1, 0.15) is 140 Å². The van der Waals surface area contributed by atoms with E-state index in [1.54, 1.807) is 58.3 Å². The fraction of sp³-hybridized carbons (Fsp3) is 0.500. The standard InChI is InChI=1S/C52H64F4N2O2S2/c1-9-13-15-33(11-3)17-19-35-21-23-37(47(55)45(35)53)39-25-27-41(61-39)49-43-44(52(60)57(49)29-31(5)6)50(58(51(43)59)30-32(7)8)42-28-26-40(62-42)38-24-22-36(46(54)48(38)56)20-18-34(12-4)16-14-10-2/h21-28,31-34H,9-20,29-30H2,1-8H3. The minimum absolute atomic E-state index is 0.0467. The summed E-state index contributed by atoms with van der Waals surface area (Å²) in [5, 5.41) is 0. The minimum Gasteiger partial charge on any atom is -0.306 e. The van der Waals surface area contributed by atoms with Crippen molar-refractivity contribution in [1.82, 2.24) is 9.80 Å². The van der Waals surface area contributed by atoms with Gasteiger partial charge in [-0.15, -0.1) is 22.7 Å². The zero-order chi connectivity index (χ0) is 44.8. The highest BCUT2D eigenvalue weighted by Crippen LogP contribution is 2.50. The lowest BCUT2D eigenvalue weighted by atomic mass is 9.92. The van der Waals surface area contributed by atoms with Crippen molar-refractivity contribution < 1.29 is 27.2 Å². The molecule has 4 heterocycles. The normalized spacial score (nSPS) is 15.4. The van der Waals surface area contributed by atoms with Crippen molar-refractivity contribution in [2.75, 3.05) is 13.1 Å². The number of thiophene rings is 2. The van der Waals surface area contributed by atoms with Gasteiger partial charge in [0.25, 0.3) is 11.8 Å². The van der Waals surface area contributed by atoms with E-state index < -0.39 is 23.3 Å². The van der Waals surface area contributed by atoms with Gasteiger partial charge >= 0.3 is 0 Å². The lowest BCUT2D eigenvalue weighted by molar-refractivity contribution is -0.124. The molecule has 62 heavy (non-hydrogen) atoms. The molecule has 0 bridgehead atoms. The Morgan fingerprint density at radius 1 is 0.500 bits per heavy atom. The third-order valence-corrected chi connectivity index (χ3v) is 14.8. The van der Waals surface area contributed by atoms with Gasteiger partial charge in [0.2, 0.25) is 0 Å². The summed E-state index contributed by atoms with van der Waals surface area (Å²) in [7, 11) is 0. The van der Waals surface area contributed by atoms with Crippen molar-refractivity contribution in [2.45, 2.75) is 132 Å². The summed E-state index contributed by atoms with van der Waals surface area (Å²) < 4.78 is 63.1. The lowest BCUT2D eigenvalue weighted by Gasteiger charge is -2.26. The van der Waals surface area contributed by atoms with Gasteiger partial charge in [-0.2, -0.15) is 0 Å². The first-order chi connectivity index (χ1) is 29.7. The molecule has 4 aromatic rings. The number of benzene rings is 2. The largest absolute Gasteiger partial charge is 0.306 e. The predicted molar refractivity (Wildman–Crippen MR) is 250 cm³/mol. The molecule has 0 N–H and O–H groups in total. The van der Waals surface area contributed by atoms with Crippen molar-refractivity contribution in [3.8, 4) is 20.9 Å². The maximum atomic E-state index is 15.9. The quantitative estimate of drug-likeness (QED) is 0.0738. The maximum absolute atomic E-state index is 15.9. The monoisotopic (exact) mass is 888 g/mol. The highest BCUT2D eigenvalue weighted by atomic mass is 32.1. The molecule has 6 rings (SSSR count). The van der Waals surface area contributed by atoms with E-state index in [1.165, 1.54) is 22.7 Å². The minimum atomic E-state index is -0.897. The van der Waals surface area contributed by atoms with Crippen LogP contribution in [0.2, 0.25) is 0 Å². The fourth-order valence-corrected chi connectivity index (χ4v) is 11.1. The fourth-order valence-electron chi connectivity index (χ4n) is 8.96. The van der Waals surface area contributed by atoms with Gasteiger partial charge in [-0.1, -0.05) is 131 Å². The number of hydrogen-bond acceptors (Lipinski definition) is 4. The van der Waals surface area contributed by atoms with Crippen molar-refractivity contribution in [3.05, 3.63) is 104 Å². The van der Waals surface area contributed by atoms with Crippen molar-refractivity contribution in [1.29, 1.82) is 0 Å². The molecule has 2 aliphatic rings. The van der Waals surface area contributed by atoms with Gasteiger partial charge in [-0.3, -0.25) is 9.59 Å². The summed E-state index contributed by atoms with van der Waals surface area (Å²) in [6.07, 6.45) is 11.2. The van der Waals surface area contributed by atoms with Crippen LogP contribution >= 0.6 is 22.7 Å². The number of unbranched alkanes of at least 4 members (excludes halogenated alkanes) is 2. The molecular formula is C52H64F4N2O2S2. The van der Waals surface area contributed by atoms with Crippen LogP contribution in [-0.4, -0.2) is 34.7 Å². The van der Waals surface area contributed by atoms with Crippen LogP contribution in [0.5, 0.6) is 0 Å². The van der Waals surface area contributed by atoms with E-state index in [2.05, 4.69) is 27.7 Å². The lowest BCUT2D eigenvalue weighted by Crippen LogP contribution is -2.33. The number of nitrogens with zero attached hydrogens (tertiary/aromatic N) is 2. The summed E-state index contributed by atoms with van der Waals surface area (Å²) in [5.41, 5.74) is 2.49. The molecule has 2 aliphatic heterocycles. The van der Waals surface area contributed by atoms with Crippen molar-refractivity contribution in [3.63, 3.8) is 0 Å². The molecule has 0 saturated heterocycles. The molecule has 4 nitrogen and oxygen atoms in total. The van der Waals surface area contributed by atoms with E-state index in [1.807, 2.05) is 27.7 Å². The Labute approximate surface area is 375 Å². The topological polar surface area (TPSA) is 40.6 Å². The summed E-state index contributed by atoms with van der Waals surface area (Å²) in [6, 6.07) is 13.7. The number of aryl methyl sites for hydroxylation is 2. The zero-order valence-corrected chi connectivity index (χ0v) is 39.5. The van der Waals surface area contributed by atoms with Gasteiger partial charge in [0, 0.05) is 34.0 Å². The molecule has 0 saturated carbocycles.